The molecule has 1 fully saturated rings. The largest absolute Gasteiger partial charge is 0.389 e. The number of nitrogens with one attached hydrogen (secondary N) is 3. The first kappa shape index (κ1) is 21.8. The lowest BCUT2D eigenvalue weighted by Gasteiger charge is -2.19. The van der Waals surface area contributed by atoms with Crippen molar-refractivity contribution in [1.82, 2.24) is 30.9 Å². The first-order valence-corrected chi connectivity index (χ1v) is 10.1. The minimum atomic E-state index is -4.37. The summed E-state index contributed by atoms with van der Waals surface area (Å²) in [4.78, 5) is 31.7. The number of halogens is 3. The molecule has 0 saturated heterocycles. The Bertz CT molecular complexity index is 1140. The molecule has 0 radical (unpaired) electrons. The molecular formula is C20H21F3N6O3. The van der Waals surface area contributed by atoms with Gasteiger partial charge in [-0.25, -0.2) is 9.61 Å². The third-order valence-electron chi connectivity index (χ3n) is 5.24. The number of imidazole rings is 1. The number of carbonyl (C=O) groups is 2. The molecule has 1 aromatic carbocycles. The number of hydrogen-bond donors (Lipinski definition) is 3. The van der Waals surface area contributed by atoms with Gasteiger partial charge < -0.3 is 15.6 Å². The topological polar surface area (TPSA) is 126 Å². The Balaban J connectivity index is 1.43. The average molecular weight is 450 g/mol. The molecule has 32 heavy (non-hydrogen) atoms. The highest BCUT2D eigenvalue weighted by Crippen LogP contribution is 2.41. The lowest BCUT2D eigenvalue weighted by Crippen LogP contribution is -2.30. The fourth-order valence-corrected chi connectivity index (χ4v) is 3.45. The van der Waals surface area contributed by atoms with Crippen LogP contribution in [0, 0.1) is 12.8 Å². The highest BCUT2D eigenvalue weighted by molar-refractivity contribution is 5.92. The number of alkyl halides is 3. The molecule has 3 N–H and O–H groups in total. The van der Waals surface area contributed by atoms with Crippen molar-refractivity contribution in [3.8, 4) is 0 Å². The van der Waals surface area contributed by atoms with Gasteiger partial charge in [-0.1, -0.05) is 11.2 Å². The van der Waals surface area contributed by atoms with Crippen LogP contribution < -0.4 is 10.6 Å². The van der Waals surface area contributed by atoms with Gasteiger partial charge in [0.25, 0.3) is 5.91 Å². The third kappa shape index (κ3) is 5.24. The molecule has 1 atom stereocenters. The van der Waals surface area contributed by atoms with E-state index >= 15 is 0 Å². The number of amides is 2. The molecule has 9 nitrogen and oxygen atoms in total. The molecule has 1 aliphatic carbocycles. The van der Waals surface area contributed by atoms with Gasteiger partial charge in [-0.05, 0) is 48.5 Å². The van der Waals surface area contributed by atoms with E-state index in [4.69, 9.17) is 0 Å². The van der Waals surface area contributed by atoms with Crippen LogP contribution in [0.1, 0.15) is 59.3 Å². The molecule has 3 aromatic rings. The quantitative estimate of drug-likeness (QED) is 0.484. The van der Waals surface area contributed by atoms with E-state index < -0.39 is 30.8 Å². The molecule has 0 bridgehead atoms. The molecule has 2 aromatic heterocycles. The van der Waals surface area contributed by atoms with Crippen LogP contribution in [-0.4, -0.2) is 38.3 Å². The maximum atomic E-state index is 12.4. The van der Waals surface area contributed by atoms with E-state index in [2.05, 4.69) is 35.5 Å². The highest BCUT2D eigenvalue weighted by atomic mass is 19.4. The Morgan fingerprint density at radius 2 is 2.06 bits per heavy atom. The SMILES string of the molecule is Cc1nonc1C(=O)NCc1nc2ccc(C(NC(=O)CCC(F)(F)F)C3CC3)cc2[nH]1. The van der Waals surface area contributed by atoms with Gasteiger partial charge in [-0.2, -0.15) is 13.2 Å². The van der Waals surface area contributed by atoms with E-state index in [1.165, 1.54) is 0 Å². The van der Waals surface area contributed by atoms with Crippen molar-refractivity contribution in [2.45, 2.75) is 51.4 Å². The zero-order valence-corrected chi connectivity index (χ0v) is 17.1. The fraction of sp³-hybridized carbons (Fsp3) is 0.450. The summed E-state index contributed by atoms with van der Waals surface area (Å²) in [6.07, 6.45) is -4.30. The second-order valence-electron chi connectivity index (χ2n) is 7.84. The Morgan fingerprint density at radius 3 is 2.72 bits per heavy atom. The minimum absolute atomic E-state index is 0.0944. The number of hydrogen-bond acceptors (Lipinski definition) is 6. The summed E-state index contributed by atoms with van der Waals surface area (Å²) < 4.78 is 41.7. The van der Waals surface area contributed by atoms with E-state index in [-0.39, 0.29) is 24.2 Å². The molecule has 1 saturated carbocycles. The van der Waals surface area contributed by atoms with E-state index in [1.54, 1.807) is 13.0 Å². The first-order valence-electron chi connectivity index (χ1n) is 10.1. The van der Waals surface area contributed by atoms with Gasteiger partial charge >= 0.3 is 6.18 Å². The van der Waals surface area contributed by atoms with Gasteiger partial charge in [0.15, 0.2) is 5.69 Å². The van der Waals surface area contributed by atoms with Crippen molar-refractivity contribution >= 4 is 22.8 Å². The zero-order valence-electron chi connectivity index (χ0n) is 17.1. The lowest BCUT2D eigenvalue weighted by molar-refractivity contribution is -0.144. The van der Waals surface area contributed by atoms with E-state index in [9.17, 15) is 22.8 Å². The minimum Gasteiger partial charge on any atom is -0.349 e. The van der Waals surface area contributed by atoms with Gasteiger partial charge in [0.2, 0.25) is 5.91 Å². The number of aryl methyl sites for hydroxylation is 1. The average Bonchev–Trinajstić information content (AvgIpc) is 3.35. The van der Waals surface area contributed by atoms with Crippen LogP contribution in [0.3, 0.4) is 0 Å². The van der Waals surface area contributed by atoms with Gasteiger partial charge in [0, 0.05) is 6.42 Å². The number of fused-ring (bicyclic) bond motifs is 1. The molecule has 1 aliphatic rings. The molecule has 2 heterocycles. The second kappa shape index (κ2) is 8.60. The molecule has 0 aliphatic heterocycles. The zero-order chi connectivity index (χ0) is 22.9. The van der Waals surface area contributed by atoms with E-state index in [0.717, 1.165) is 18.4 Å². The van der Waals surface area contributed by atoms with Crippen LogP contribution >= 0.6 is 0 Å². The van der Waals surface area contributed by atoms with Crippen LogP contribution in [0.5, 0.6) is 0 Å². The summed E-state index contributed by atoms with van der Waals surface area (Å²) in [6.45, 7) is 1.72. The monoisotopic (exact) mass is 450 g/mol. The number of carbonyl (C=O) groups excluding carboxylic acids is 2. The Morgan fingerprint density at radius 1 is 1.28 bits per heavy atom. The summed E-state index contributed by atoms with van der Waals surface area (Å²) in [7, 11) is 0. The number of benzene rings is 1. The number of aromatic nitrogens is 4. The summed E-state index contributed by atoms with van der Waals surface area (Å²) >= 11 is 0. The summed E-state index contributed by atoms with van der Waals surface area (Å²) in [5.74, 6) is -0.356. The van der Waals surface area contributed by atoms with Crippen LogP contribution in [0.25, 0.3) is 11.0 Å². The Hall–Kier alpha value is -3.44. The molecule has 2 amide bonds. The lowest BCUT2D eigenvalue weighted by atomic mass is 10.0. The van der Waals surface area contributed by atoms with Crippen molar-refractivity contribution < 1.29 is 27.4 Å². The van der Waals surface area contributed by atoms with Gasteiger partial charge in [0.1, 0.15) is 11.5 Å². The van der Waals surface area contributed by atoms with Gasteiger partial charge in [-0.3, -0.25) is 9.59 Å². The number of H-pyrrole nitrogens is 1. The Kier molecular flexibility index (Phi) is 5.85. The second-order valence-corrected chi connectivity index (χ2v) is 7.84. The number of rotatable bonds is 8. The molecule has 4 rings (SSSR count). The van der Waals surface area contributed by atoms with Crippen molar-refractivity contribution in [1.29, 1.82) is 0 Å². The first-order chi connectivity index (χ1) is 15.2. The summed E-state index contributed by atoms with van der Waals surface area (Å²) in [6, 6.07) is 5.05. The van der Waals surface area contributed by atoms with Crippen molar-refractivity contribution in [2.75, 3.05) is 0 Å². The van der Waals surface area contributed by atoms with Crippen LogP contribution in [-0.2, 0) is 11.3 Å². The van der Waals surface area contributed by atoms with E-state index in [1.807, 2.05) is 12.1 Å². The molecule has 1 unspecified atom stereocenters. The molecular weight excluding hydrogens is 429 g/mol. The normalized spacial score (nSPS) is 15.0. The van der Waals surface area contributed by atoms with Crippen LogP contribution in [0.2, 0.25) is 0 Å². The number of aromatic amines is 1. The van der Waals surface area contributed by atoms with Crippen molar-refractivity contribution in [3.05, 3.63) is 41.0 Å². The number of nitrogens with zero attached hydrogens (tertiary/aromatic N) is 3. The van der Waals surface area contributed by atoms with Crippen LogP contribution in [0.15, 0.2) is 22.8 Å². The van der Waals surface area contributed by atoms with E-state index in [0.29, 0.717) is 22.6 Å². The standard InChI is InChI=1S/C20H21F3N6O3/c1-10-17(29-32-28-10)19(31)24-9-15-25-13-5-4-12(8-14(13)26-15)18(11-2-3-11)27-16(30)6-7-20(21,22)23/h4-5,8,11,18H,2-3,6-7,9H2,1H3,(H,24,31)(H,25,26)(H,27,30). The third-order valence-corrected chi connectivity index (χ3v) is 5.24. The van der Waals surface area contributed by atoms with Gasteiger partial charge in [-0.15, -0.1) is 0 Å². The van der Waals surface area contributed by atoms with Crippen LogP contribution in [0.4, 0.5) is 13.2 Å². The molecule has 170 valence electrons. The predicted octanol–water partition coefficient (Wildman–Crippen LogP) is 3.09. The maximum Gasteiger partial charge on any atom is 0.389 e. The highest BCUT2D eigenvalue weighted by Gasteiger charge is 2.35. The molecule has 0 spiro atoms. The summed E-state index contributed by atoms with van der Waals surface area (Å²) in [5, 5.41) is 12.5. The Labute approximate surface area is 180 Å². The smallest absolute Gasteiger partial charge is 0.349 e. The van der Waals surface area contributed by atoms with Crippen molar-refractivity contribution in [2.24, 2.45) is 5.92 Å². The predicted molar refractivity (Wildman–Crippen MR) is 105 cm³/mol. The summed E-state index contributed by atoms with van der Waals surface area (Å²) in [5.41, 5.74) is 2.62. The van der Waals surface area contributed by atoms with Crippen molar-refractivity contribution in [3.63, 3.8) is 0 Å². The van der Waals surface area contributed by atoms with Gasteiger partial charge in [0.05, 0.1) is 30.0 Å². The molecule has 12 heteroatoms. The fourth-order valence-electron chi connectivity index (χ4n) is 3.45. The maximum absolute atomic E-state index is 12.4.